The van der Waals surface area contributed by atoms with Gasteiger partial charge in [-0.15, -0.1) is 0 Å². The van der Waals surface area contributed by atoms with Gasteiger partial charge in [0.15, 0.2) is 5.82 Å². The van der Waals surface area contributed by atoms with Crippen molar-refractivity contribution in [2.75, 3.05) is 6.26 Å². The van der Waals surface area contributed by atoms with Gasteiger partial charge in [0.05, 0.1) is 17.2 Å². The van der Waals surface area contributed by atoms with Crippen molar-refractivity contribution < 1.29 is 38.1 Å². The van der Waals surface area contributed by atoms with Crippen LogP contribution in [0.1, 0.15) is 23.7 Å². The maximum atomic E-state index is 11.3. The summed E-state index contributed by atoms with van der Waals surface area (Å²) in [6.07, 6.45) is 9.06. The Balaban J connectivity index is 0.000000233. The van der Waals surface area contributed by atoms with Gasteiger partial charge in [0.25, 0.3) is 0 Å². The van der Waals surface area contributed by atoms with Gasteiger partial charge in [-0.1, -0.05) is 18.2 Å². The van der Waals surface area contributed by atoms with Crippen LogP contribution >= 0.6 is 0 Å². The molecule has 0 saturated heterocycles. The molecule has 0 radical (unpaired) electrons. The molecule has 0 spiro atoms. The Bertz CT molecular complexity index is 1200. The second kappa shape index (κ2) is 8.87. The Labute approximate surface area is 176 Å². The molecule has 164 valence electrons. The van der Waals surface area contributed by atoms with E-state index in [1.54, 1.807) is 0 Å². The van der Waals surface area contributed by atoms with Crippen LogP contribution in [0.4, 0.5) is 0 Å². The normalized spacial score (nSPS) is 17.8. The Morgan fingerprint density at radius 3 is 2.35 bits per heavy atom. The first-order valence-electron chi connectivity index (χ1n) is 8.50. The van der Waals surface area contributed by atoms with Crippen molar-refractivity contribution in [3.05, 3.63) is 54.0 Å². The summed E-state index contributed by atoms with van der Waals surface area (Å²) in [5, 5.41) is 29.7. The number of carboxylic acids is 3. The first-order chi connectivity index (χ1) is 14.3. The summed E-state index contributed by atoms with van der Waals surface area (Å²) in [5.74, 6) is -3.01. The Morgan fingerprint density at radius 1 is 1.16 bits per heavy atom. The molecule has 1 unspecified atom stereocenters. The fourth-order valence-electron chi connectivity index (χ4n) is 2.38. The Kier molecular flexibility index (Phi) is 6.70. The van der Waals surface area contributed by atoms with Crippen LogP contribution in [0, 0.1) is 5.41 Å². The summed E-state index contributed by atoms with van der Waals surface area (Å²) >= 11 is 0. The smallest absolute Gasteiger partial charge is 0.338 e. The lowest BCUT2D eigenvalue weighted by molar-refractivity contribution is -0.145. The summed E-state index contributed by atoms with van der Waals surface area (Å²) in [5.41, 5.74) is -0.968. The standard InChI is InChI=1S/C9H8N4O4S.C9H10O4/c1-18(16,17)9-10-3-2-7(12-9)13-5-6(4-11-13)8(14)15;1-9(8(12)13)4-2-3-6(5-9)7(10)11/h2-5H,1H3,(H,14,15);2-4H,5H2,1H3,(H,10,11)(H,12,13). The van der Waals surface area contributed by atoms with E-state index in [0.717, 1.165) is 12.5 Å². The predicted molar refractivity (Wildman–Crippen MR) is 104 cm³/mol. The SMILES string of the molecule is CC1(C(=O)O)C=CC=C(C(=O)O)C1.CS(=O)(=O)c1nccc(-n2cc(C(=O)O)cn2)n1. The fraction of sp³-hybridized carbons (Fsp3) is 0.222. The Hall–Kier alpha value is -3.87. The number of aliphatic carboxylic acids is 2. The van der Waals surface area contributed by atoms with Gasteiger partial charge >= 0.3 is 17.9 Å². The van der Waals surface area contributed by atoms with Gasteiger partial charge in [0, 0.05) is 30.3 Å². The number of carboxylic acid groups (broad SMARTS) is 3. The highest BCUT2D eigenvalue weighted by molar-refractivity contribution is 7.90. The number of aromatic nitrogens is 4. The molecule has 31 heavy (non-hydrogen) atoms. The summed E-state index contributed by atoms with van der Waals surface area (Å²) in [6, 6.07) is 1.42. The van der Waals surface area contributed by atoms with E-state index in [9.17, 15) is 22.8 Å². The third kappa shape index (κ3) is 5.82. The number of allylic oxidation sites excluding steroid dienone is 2. The van der Waals surface area contributed by atoms with Crippen molar-refractivity contribution in [1.29, 1.82) is 0 Å². The maximum absolute atomic E-state index is 11.3. The first kappa shape index (κ1) is 23.4. The van der Waals surface area contributed by atoms with Crippen LogP contribution < -0.4 is 0 Å². The highest BCUT2D eigenvalue weighted by atomic mass is 32.2. The second-order valence-corrected chi connectivity index (χ2v) is 8.61. The third-order valence-electron chi connectivity index (χ3n) is 4.10. The lowest BCUT2D eigenvalue weighted by Crippen LogP contribution is -2.28. The molecule has 2 heterocycles. The molecule has 2 aromatic rings. The molecule has 0 aliphatic heterocycles. The van der Waals surface area contributed by atoms with E-state index in [2.05, 4.69) is 15.1 Å². The van der Waals surface area contributed by atoms with Gasteiger partial charge < -0.3 is 15.3 Å². The van der Waals surface area contributed by atoms with E-state index < -0.39 is 33.2 Å². The molecule has 3 rings (SSSR count). The minimum Gasteiger partial charge on any atom is -0.481 e. The summed E-state index contributed by atoms with van der Waals surface area (Å²) < 4.78 is 23.7. The molecule has 1 aliphatic carbocycles. The molecule has 13 heteroatoms. The lowest BCUT2D eigenvalue weighted by Gasteiger charge is -2.23. The molecule has 0 amide bonds. The van der Waals surface area contributed by atoms with Crippen LogP contribution in [0.5, 0.6) is 0 Å². The van der Waals surface area contributed by atoms with E-state index >= 15 is 0 Å². The number of aromatic carboxylic acids is 1. The van der Waals surface area contributed by atoms with E-state index in [1.165, 1.54) is 48.3 Å². The molecular formula is C18H18N4O8S. The van der Waals surface area contributed by atoms with Crippen LogP contribution in [0.3, 0.4) is 0 Å². The van der Waals surface area contributed by atoms with Gasteiger partial charge in [-0.05, 0) is 13.3 Å². The molecule has 12 nitrogen and oxygen atoms in total. The molecule has 0 bridgehead atoms. The molecule has 3 N–H and O–H groups in total. The van der Waals surface area contributed by atoms with Crippen LogP contribution in [0.2, 0.25) is 0 Å². The highest BCUT2D eigenvalue weighted by Crippen LogP contribution is 2.31. The van der Waals surface area contributed by atoms with Crippen LogP contribution in [-0.4, -0.2) is 67.6 Å². The van der Waals surface area contributed by atoms with Crippen LogP contribution in [-0.2, 0) is 19.4 Å². The number of carbonyl (C=O) groups is 3. The predicted octanol–water partition coefficient (Wildman–Crippen LogP) is 0.812. The summed E-state index contributed by atoms with van der Waals surface area (Å²) in [4.78, 5) is 39.4. The third-order valence-corrected chi connectivity index (χ3v) is 4.96. The average Bonchev–Trinajstić information content (AvgIpc) is 3.18. The van der Waals surface area contributed by atoms with Crippen molar-refractivity contribution in [3.63, 3.8) is 0 Å². The van der Waals surface area contributed by atoms with Crippen molar-refractivity contribution in [1.82, 2.24) is 19.7 Å². The fourth-order valence-corrected chi connectivity index (χ4v) is 2.89. The quantitative estimate of drug-likeness (QED) is 0.546. The topological polar surface area (TPSA) is 190 Å². The molecule has 1 aliphatic rings. The lowest BCUT2D eigenvalue weighted by atomic mass is 9.80. The van der Waals surface area contributed by atoms with Gasteiger partial charge in [-0.2, -0.15) is 10.1 Å². The minimum atomic E-state index is -3.52. The molecule has 0 saturated carbocycles. The van der Waals surface area contributed by atoms with E-state index in [-0.39, 0.29) is 28.5 Å². The van der Waals surface area contributed by atoms with Crippen LogP contribution in [0.25, 0.3) is 5.82 Å². The van der Waals surface area contributed by atoms with Gasteiger partial charge in [-0.25, -0.2) is 27.7 Å². The zero-order chi connectivity index (χ0) is 23.4. The second-order valence-electron chi connectivity index (χ2n) is 6.70. The van der Waals surface area contributed by atoms with Crippen molar-refractivity contribution in [2.24, 2.45) is 5.41 Å². The van der Waals surface area contributed by atoms with Gasteiger partial charge in [0.2, 0.25) is 15.0 Å². The molecular weight excluding hydrogens is 432 g/mol. The van der Waals surface area contributed by atoms with E-state index in [1.807, 2.05) is 0 Å². The van der Waals surface area contributed by atoms with E-state index in [0.29, 0.717) is 0 Å². The summed E-state index contributed by atoms with van der Waals surface area (Å²) in [6.45, 7) is 1.50. The minimum absolute atomic E-state index is 0.0190. The van der Waals surface area contributed by atoms with Crippen molar-refractivity contribution >= 4 is 27.7 Å². The number of hydrogen-bond donors (Lipinski definition) is 3. The van der Waals surface area contributed by atoms with Gasteiger partial charge in [-0.3, -0.25) is 4.79 Å². The Morgan fingerprint density at radius 2 is 1.84 bits per heavy atom. The number of rotatable bonds is 5. The van der Waals surface area contributed by atoms with Crippen molar-refractivity contribution in [3.8, 4) is 5.82 Å². The summed E-state index contributed by atoms with van der Waals surface area (Å²) in [7, 11) is -3.52. The molecule has 0 aromatic carbocycles. The van der Waals surface area contributed by atoms with Crippen LogP contribution in [0.15, 0.2) is 53.6 Å². The number of sulfone groups is 1. The number of hydrogen-bond acceptors (Lipinski definition) is 8. The van der Waals surface area contributed by atoms with Gasteiger partial charge in [0.1, 0.15) is 0 Å². The monoisotopic (exact) mass is 450 g/mol. The largest absolute Gasteiger partial charge is 0.481 e. The van der Waals surface area contributed by atoms with E-state index in [4.69, 9.17) is 15.3 Å². The zero-order valence-corrected chi connectivity index (χ0v) is 17.1. The highest BCUT2D eigenvalue weighted by Gasteiger charge is 2.34. The zero-order valence-electron chi connectivity index (χ0n) is 16.3. The first-order valence-corrected chi connectivity index (χ1v) is 10.4. The molecule has 2 aromatic heterocycles. The molecule has 1 atom stereocenters. The molecule has 0 fully saturated rings. The van der Waals surface area contributed by atoms with Crippen molar-refractivity contribution in [2.45, 2.75) is 18.5 Å². The number of nitrogens with zero attached hydrogens (tertiary/aromatic N) is 4. The maximum Gasteiger partial charge on any atom is 0.338 e. The average molecular weight is 450 g/mol.